The predicted molar refractivity (Wildman–Crippen MR) is 130 cm³/mol. The number of nitrogens with one attached hydrogen (secondary N) is 1. The van der Waals surface area contributed by atoms with Gasteiger partial charge in [-0.25, -0.2) is 8.42 Å². The minimum Gasteiger partial charge on any atom is -0.354 e. The molecule has 0 bridgehead atoms. The molecule has 2 aromatic rings. The Morgan fingerprint density at radius 1 is 1.12 bits per heavy atom. The lowest BCUT2D eigenvalue weighted by atomic mass is 10.1. The molecule has 2 aromatic carbocycles. The van der Waals surface area contributed by atoms with Crippen LogP contribution in [0.15, 0.2) is 53.4 Å². The van der Waals surface area contributed by atoms with Gasteiger partial charge in [0.15, 0.2) is 0 Å². The van der Waals surface area contributed by atoms with E-state index in [0.29, 0.717) is 11.6 Å². The summed E-state index contributed by atoms with van der Waals surface area (Å²) in [4.78, 5) is 27.4. The van der Waals surface area contributed by atoms with Crippen LogP contribution in [0.1, 0.15) is 37.8 Å². The van der Waals surface area contributed by atoms with E-state index in [-0.39, 0.29) is 17.3 Å². The average Bonchev–Trinajstić information content (AvgIpc) is 2.77. The Morgan fingerprint density at radius 2 is 1.79 bits per heavy atom. The molecular weight excluding hydrogens is 462 g/mol. The van der Waals surface area contributed by atoms with Crippen molar-refractivity contribution in [1.82, 2.24) is 14.5 Å². The molecule has 0 aliphatic carbocycles. The molecule has 0 fully saturated rings. The summed E-state index contributed by atoms with van der Waals surface area (Å²) >= 11 is 5.86. The normalized spacial score (nSPS) is 12.4. The van der Waals surface area contributed by atoms with Crippen molar-refractivity contribution in [1.29, 1.82) is 0 Å². The number of rotatable bonds is 11. The summed E-state index contributed by atoms with van der Waals surface area (Å²) in [5, 5.41) is 3.27. The van der Waals surface area contributed by atoms with Gasteiger partial charge in [-0.2, -0.15) is 4.31 Å². The van der Waals surface area contributed by atoms with Crippen molar-refractivity contribution < 1.29 is 18.0 Å². The number of nitrogens with zero attached hydrogens (tertiary/aromatic N) is 2. The number of benzene rings is 2. The van der Waals surface area contributed by atoms with Gasteiger partial charge in [0.2, 0.25) is 21.8 Å². The van der Waals surface area contributed by atoms with E-state index in [2.05, 4.69) is 5.32 Å². The molecule has 33 heavy (non-hydrogen) atoms. The number of halogens is 1. The van der Waals surface area contributed by atoms with Gasteiger partial charge in [0.25, 0.3) is 0 Å². The van der Waals surface area contributed by atoms with Gasteiger partial charge in [0.05, 0.1) is 11.4 Å². The lowest BCUT2D eigenvalue weighted by molar-refractivity contribution is -0.140. The molecule has 0 unspecified atom stereocenters. The van der Waals surface area contributed by atoms with E-state index in [1.165, 1.54) is 36.2 Å². The zero-order valence-corrected chi connectivity index (χ0v) is 21.1. The maximum absolute atomic E-state index is 13.3. The van der Waals surface area contributed by atoms with Crippen LogP contribution < -0.4 is 5.32 Å². The molecule has 180 valence electrons. The molecule has 0 aliphatic heterocycles. The number of likely N-dealkylation sites (N-methyl/N-ethyl adjacent to an activating group) is 1. The fourth-order valence-electron chi connectivity index (χ4n) is 3.28. The van der Waals surface area contributed by atoms with Crippen LogP contribution in [0.25, 0.3) is 0 Å². The van der Waals surface area contributed by atoms with Crippen LogP contribution >= 0.6 is 11.6 Å². The van der Waals surface area contributed by atoms with Gasteiger partial charge in [-0.05, 0) is 50.1 Å². The van der Waals surface area contributed by atoms with E-state index in [1.807, 2.05) is 38.1 Å². The third kappa shape index (κ3) is 7.55. The first kappa shape index (κ1) is 26.8. The number of amides is 2. The minimum absolute atomic E-state index is 0.0396. The number of carbonyl (C=O) groups excluding carboxylic acids is 2. The van der Waals surface area contributed by atoms with Gasteiger partial charge in [-0.3, -0.25) is 9.59 Å². The first-order chi connectivity index (χ1) is 15.6. The highest BCUT2D eigenvalue weighted by Crippen LogP contribution is 2.18. The fraction of sp³-hybridized carbons (Fsp3) is 0.417. The lowest BCUT2D eigenvalue weighted by Gasteiger charge is -2.30. The van der Waals surface area contributed by atoms with Crippen molar-refractivity contribution in [3.63, 3.8) is 0 Å². The van der Waals surface area contributed by atoms with Crippen molar-refractivity contribution in [2.45, 2.75) is 51.1 Å². The summed E-state index contributed by atoms with van der Waals surface area (Å²) in [7, 11) is -2.55. The second-order valence-electron chi connectivity index (χ2n) is 8.05. The summed E-state index contributed by atoms with van der Waals surface area (Å²) in [5.41, 5.74) is 1.89. The number of hydrogen-bond donors (Lipinski definition) is 1. The number of hydrogen-bond acceptors (Lipinski definition) is 4. The lowest BCUT2D eigenvalue weighted by Crippen LogP contribution is -2.50. The van der Waals surface area contributed by atoms with Crippen LogP contribution in [-0.2, 0) is 26.2 Å². The number of carbonyl (C=O) groups is 2. The fourth-order valence-corrected chi connectivity index (χ4v) is 4.52. The Labute approximate surface area is 201 Å². The molecule has 0 aliphatic rings. The quantitative estimate of drug-likeness (QED) is 0.484. The predicted octanol–water partition coefficient (Wildman–Crippen LogP) is 3.60. The first-order valence-corrected chi connectivity index (χ1v) is 12.7. The van der Waals surface area contributed by atoms with Crippen LogP contribution in [0.2, 0.25) is 5.02 Å². The Morgan fingerprint density at radius 3 is 2.39 bits per heavy atom. The van der Waals surface area contributed by atoms with E-state index in [1.54, 1.807) is 6.92 Å². The summed E-state index contributed by atoms with van der Waals surface area (Å²) in [5.74, 6) is -0.734. The SMILES string of the molecule is CCCCNC(=O)[C@@H](C)N(Cc1cccc(C)c1)C(=O)CN(C)S(=O)(=O)c1ccc(Cl)cc1. The monoisotopic (exact) mass is 493 g/mol. The molecule has 0 heterocycles. The average molecular weight is 494 g/mol. The van der Waals surface area contributed by atoms with Crippen LogP contribution in [0.3, 0.4) is 0 Å². The Hall–Kier alpha value is -2.42. The molecule has 0 spiro atoms. The van der Waals surface area contributed by atoms with Crippen LogP contribution in [-0.4, -0.2) is 55.6 Å². The minimum atomic E-state index is -3.90. The summed E-state index contributed by atoms with van der Waals surface area (Å²) in [6, 6.07) is 12.6. The Kier molecular flexibility index (Phi) is 9.88. The van der Waals surface area contributed by atoms with Crippen LogP contribution in [0.4, 0.5) is 0 Å². The van der Waals surface area contributed by atoms with E-state index < -0.39 is 28.5 Å². The third-order valence-corrected chi connectivity index (χ3v) is 7.38. The maximum atomic E-state index is 13.3. The van der Waals surface area contributed by atoms with Gasteiger partial charge in [0, 0.05) is 25.2 Å². The summed E-state index contributed by atoms with van der Waals surface area (Å²) < 4.78 is 26.8. The number of unbranched alkanes of at least 4 members (excludes halogenated alkanes) is 1. The molecule has 1 atom stereocenters. The zero-order chi connectivity index (χ0) is 24.6. The topological polar surface area (TPSA) is 86.8 Å². The largest absolute Gasteiger partial charge is 0.354 e. The summed E-state index contributed by atoms with van der Waals surface area (Å²) in [6.07, 6.45) is 1.78. The van der Waals surface area contributed by atoms with Crippen molar-refractivity contribution >= 4 is 33.4 Å². The highest BCUT2D eigenvalue weighted by Gasteiger charge is 2.30. The molecule has 0 saturated heterocycles. The third-order valence-electron chi connectivity index (χ3n) is 5.31. The number of sulfonamides is 1. The van der Waals surface area contributed by atoms with Crippen LogP contribution in [0, 0.1) is 6.92 Å². The number of aryl methyl sites for hydroxylation is 1. The second-order valence-corrected chi connectivity index (χ2v) is 10.5. The van der Waals surface area contributed by atoms with Crippen molar-refractivity contribution in [3.8, 4) is 0 Å². The molecule has 7 nitrogen and oxygen atoms in total. The standard InChI is InChI=1S/C24H32ClN3O4S/c1-5-6-14-26-24(30)19(3)28(16-20-9-7-8-18(2)15-20)23(29)17-27(4)33(31,32)22-12-10-21(25)11-13-22/h7-13,15,19H,5-6,14,16-17H2,1-4H3,(H,26,30)/t19-/m1/s1. The van der Waals surface area contributed by atoms with E-state index in [4.69, 9.17) is 11.6 Å². The summed E-state index contributed by atoms with van der Waals surface area (Å²) in [6.45, 7) is 5.95. The smallest absolute Gasteiger partial charge is 0.243 e. The van der Waals surface area contributed by atoms with Crippen LogP contribution in [0.5, 0.6) is 0 Å². The Bertz CT molecular complexity index is 1060. The molecule has 0 radical (unpaired) electrons. The van der Waals surface area contributed by atoms with Gasteiger partial charge in [-0.1, -0.05) is 54.8 Å². The van der Waals surface area contributed by atoms with Gasteiger partial charge in [0.1, 0.15) is 6.04 Å². The highest BCUT2D eigenvalue weighted by atomic mass is 35.5. The Balaban J connectivity index is 2.24. The maximum Gasteiger partial charge on any atom is 0.243 e. The second kappa shape index (κ2) is 12.2. The highest BCUT2D eigenvalue weighted by molar-refractivity contribution is 7.89. The van der Waals surface area contributed by atoms with Crippen molar-refractivity contribution in [3.05, 3.63) is 64.7 Å². The first-order valence-electron chi connectivity index (χ1n) is 10.9. The van der Waals surface area contributed by atoms with E-state index in [9.17, 15) is 18.0 Å². The van der Waals surface area contributed by atoms with Gasteiger partial charge in [-0.15, -0.1) is 0 Å². The molecule has 2 amide bonds. The van der Waals surface area contributed by atoms with Crippen molar-refractivity contribution in [2.24, 2.45) is 0 Å². The molecule has 0 saturated carbocycles. The molecule has 2 rings (SSSR count). The molecule has 1 N–H and O–H groups in total. The molecule has 9 heteroatoms. The van der Waals surface area contributed by atoms with Gasteiger partial charge >= 0.3 is 0 Å². The molecular formula is C24H32ClN3O4S. The van der Waals surface area contributed by atoms with E-state index >= 15 is 0 Å². The van der Waals surface area contributed by atoms with Gasteiger partial charge < -0.3 is 10.2 Å². The van der Waals surface area contributed by atoms with Crippen molar-refractivity contribution in [2.75, 3.05) is 20.1 Å². The van der Waals surface area contributed by atoms with E-state index in [0.717, 1.165) is 28.3 Å². The molecule has 0 aromatic heterocycles. The zero-order valence-electron chi connectivity index (χ0n) is 19.5.